The third-order valence-electron chi connectivity index (χ3n) is 6.03. The van der Waals surface area contributed by atoms with Crippen LogP contribution in [-0.4, -0.2) is 48.8 Å². The number of rotatable bonds is 6. The molecule has 1 spiro atoms. The number of ether oxygens (including phenoxy) is 1. The second-order valence-corrected chi connectivity index (χ2v) is 7.03. The van der Waals surface area contributed by atoms with E-state index in [4.69, 9.17) is 4.74 Å². The van der Waals surface area contributed by atoms with Crippen LogP contribution in [0.15, 0.2) is 0 Å². The van der Waals surface area contributed by atoms with Crippen molar-refractivity contribution in [1.82, 2.24) is 10.2 Å². The van der Waals surface area contributed by atoms with Crippen molar-refractivity contribution in [3.63, 3.8) is 0 Å². The number of nitrogens with one attached hydrogen (secondary N) is 1. The molecular formula is C17H34N2O. The van der Waals surface area contributed by atoms with Gasteiger partial charge in [0.25, 0.3) is 0 Å². The van der Waals surface area contributed by atoms with Crippen LogP contribution in [0.3, 0.4) is 0 Å². The minimum Gasteiger partial charge on any atom is -0.385 e. The molecule has 2 fully saturated rings. The summed E-state index contributed by atoms with van der Waals surface area (Å²) in [5, 5.41) is 3.93. The van der Waals surface area contributed by atoms with E-state index in [2.05, 4.69) is 31.0 Å². The Morgan fingerprint density at radius 2 is 1.85 bits per heavy atom. The van der Waals surface area contributed by atoms with Crippen molar-refractivity contribution in [2.24, 2.45) is 0 Å². The Morgan fingerprint density at radius 3 is 2.40 bits per heavy atom. The van der Waals surface area contributed by atoms with E-state index in [0.29, 0.717) is 17.1 Å². The maximum atomic E-state index is 5.32. The van der Waals surface area contributed by atoms with Gasteiger partial charge < -0.3 is 10.1 Å². The smallest absolute Gasteiger partial charge is 0.0477 e. The lowest BCUT2D eigenvalue weighted by Crippen LogP contribution is -2.70. The van der Waals surface area contributed by atoms with E-state index in [0.717, 1.165) is 13.0 Å². The van der Waals surface area contributed by atoms with E-state index in [-0.39, 0.29) is 0 Å². The monoisotopic (exact) mass is 282 g/mol. The maximum absolute atomic E-state index is 5.32. The zero-order valence-electron chi connectivity index (χ0n) is 14.0. The summed E-state index contributed by atoms with van der Waals surface area (Å²) in [7, 11) is 1.82. The van der Waals surface area contributed by atoms with Gasteiger partial charge in [-0.15, -0.1) is 0 Å². The van der Waals surface area contributed by atoms with Crippen molar-refractivity contribution < 1.29 is 4.74 Å². The minimum atomic E-state index is 0.329. The molecule has 2 aliphatic rings. The van der Waals surface area contributed by atoms with Crippen molar-refractivity contribution in [2.75, 3.05) is 26.8 Å². The van der Waals surface area contributed by atoms with Gasteiger partial charge in [-0.2, -0.15) is 0 Å². The number of nitrogens with zero attached hydrogens (tertiary/aromatic N) is 1. The Bertz CT molecular complexity index is 295. The number of methoxy groups -OCH3 is 1. The molecule has 1 saturated carbocycles. The largest absolute Gasteiger partial charge is 0.385 e. The lowest BCUT2D eigenvalue weighted by Gasteiger charge is -2.55. The highest BCUT2D eigenvalue weighted by Gasteiger charge is 2.48. The van der Waals surface area contributed by atoms with Crippen molar-refractivity contribution in [2.45, 2.75) is 82.8 Å². The Balaban J connectivity index is 2.14. The normalized spacial score (nSPS) is 27.0. The second kappa shape index (κ2) is 6.76. The van der Waals surface area contributed by atoms with E-state index < -0.39 is 0 Å². The first kappa shape index (κ1) is 16.3. The van der Waals surface area contributed by atoms with E-state index in [9.17, 15) is 0 Å². The van der Waals surface area contributed by atoms with E-state index >= 15 is 0 Å². The fourth-order valence-corrected chi connectivity index (χ4v) is 4.29. The van der Waals surface area contributed by atoms with Crippen molar-refractivity contribution in [3.05, 3.63) is 0 Å². The third kappa shape index (κ3) is 3.05. The summed E-state index contributed by atoms with van der Waals surface area (Å²) in [6.07, 6.45) is 9.17. The highest BCUT2D eigenvalue weighted by atomic mass is 16.5. The summed E-state index contributed by atoms with van der Waals surface area (Å²) < 4.78 is 5.32. The third-order valence-corrected chi connectivity index (χ3v) is 6.03. The number of hydrogen-bond acceptors (Lipinski definition) is 3. The van der Waals surface area contributed by atoms with Gasteiger partial charge in [0, 0.05) is 43.9 Å². The van der Waals surface area contributed by atoms with Gasteiger partial charge in [-0.1, -0.05) is 26.7 Å². The number of hydrogen-bond donors (Lipinski definition) is 1. The second-order valence-electron chi connectivity index (χ2n) is 7.03. The Hall–Kier alpha value is -0.120. The topological polar surface area (TPSA) is 24.5 Å². The molecule has 0 amide bonds. The molecule has 20 heavy (non-hydrogen) atoms. The predicted molar refractivity (Wildman–Crippen MR) is 85.2 cm³/mol. The van der Waals surface area contributed by atoms with Crippen LogP contribution in [-0.2, 0) is 4.74 Å². The van der Waals surface area contributed by atoms with Crippen molar-refractivity contribution in [3.8, 4) is 0 Å². The van der Waals surface area contributed by atoms with E-state index in [1.54, 1.807) is 0 Å². The van der Waals surface area contributed by atoms with Gasteiger partial charge in [-0.05, 0) is 39.0 Å². The fraction of sp³-hybridized carbons (Fsp3) is 1.00. The molecule has 118 valence electrons. The van der Waals surface area contributed by atoms with Gasteiger partial charge in [-0.3, -0.25) is 4.90 Å². The molecule has 2 rings (SSSR count). The Kier molecular flexibility index (Phi) is 5.49. The Labute approximate surface area is 125 Å². The molecule has 1 aliphatic carbocycles. The van der Waals surface area contributed by atoms with Crippen LogP contribution in [0.1, 0.15) is 65.7 Å². The van der Waals surface area contributed by atoms with Gasteiger partial charge in [0.05, 0.1) is 0 Å². The first-order valence-corrected chi connectivity index (χ1v) is 8.62. The molecule has 0 radical (unpaired) electrons. The molecule has 3 heteroatoms. The zero-order valence-corrected chi connectivity index (χ0v) is 14.0. The predicted octanol–water partition coefficient (Wildman–Crippen LogP) is 3.19. The van der Waals surface area contributed by atoms with Gasteiger partial charge in [0.1, 0.15) is 0 Å². The van der Waals surface area contributed by atoms with Gasteiger partial charge in [0.15, 0.2) is 0 Å². The maximum Gasteiger partial charge on any atom is 0.0477 e. The van der Waals surface area contributed by atoms with Gasteiger partial charge in [0.2, 0.25) is 0 Å². The van der Waals surface area contributed by atoms with E-state index in [1.165, 1.54) is 51.6 Å². The summed E-state index contributed by atoms with van der Waals surface area (Å²) in [6.45, 7) is 10.4. The fourth-order valence-electron chi connectivity index (χ4n) is 4.29. The molecule has 0 aromatic rings. The van der Waals surface area contributed by atoms with Crippen LogP contribution in [0, 0.1) is 0 Å². The highest BCUT2D eigenvalue weighted by molar-refractivity contribution is 5.07. The van der Waals surface area contributed by atoms with Crippen LogP contribution in [0.2, 0.25) is 0 Å². The summed E-state index contributed by atoms with van der Waals surface area (Å²) in [6, 6.07) is 0.632. The van der Waals surface area contributed by atoms with Crippen LogP contribution in [0.4, 0.5) is 0 Å². The van der Waals surface area contributed by atoms with Crippen molar-refractivity contribution >= 4 is 0 Å². The van der Waals surface area contributed by atoms with Crippen LogP contribution < -0.4 is 5.32 Å². The molecule has 1 saturated heterocycles. The zero-order chi connectivity index (χ0) is 14.6. The molecule has 0 aromatic heterocycles. The molecular weight excluding hydrogens is 248 g/mol. The summed E-state index contributed by atoms with van der Waals surface area (Å²) in [5.74, 6) is 0. The standard InChI is InChI=1S/C17H34N2O/c1-5-16(6-2)14-19(15(3)9-12-20-4)17(13-18-16)10-7-8-11-17/h15,18H,5-14H2,1-4H3. The van der Waals surface area contributed by atoms with Crippen LogP contribution in [0.5, 0.6) is 0 Å². The van der Waals surface area contributed by atoms with Crippen LogP contribution in [0.25, 0.3) is 0 Å². The molecule has 1 aliphatic heterocycles. The van der Waals surface area contributed by atoms with Gasteiger partial charge in [-0.25, -0.2) is 0 Å². The molecule has 3 nitrogen and oxygen atoms in total. The lowest BCUT2D eigenvalue weighted by atomic mass is 9.81. The molecule has 1 atom stereocenters. The molecule has 0 bridgehead atoms. The minimum absolute atomic E-state index is 0.329. The number of piperazine rings is 1. The van der Waals surface area contributed by atoms with Crippen LogP contribution >= 0.6 is 0 Å². The first-order chi connectivity index (χ1) is 9.61. The lowest BCUT2D eigenvalue weighted by molar-refractivity contribution is -0.0296. The average molecular weight is 282 g/mol. The van der Waals surface area contributed by atoms with E-state index in [1.807, 2.05) is 7.11 Å². The molecule has 0 aromatic carbocycles. The molecule has 1 heterocycles. The Morgan fingerprint density at radius 1 is 1.20 bits per heavy atom. The van der Waals surface area contributed by atoms with Gasteiger partial charge >= 0.3 is 0 Å². The quantitative estimate of drug-likeness (QED) is 0.810. The highest BCUT2D eigenvalue weighted by Crippen LogP contribution is 2.41. The van der Waals surface area contributed by atoms with Crippen molar-refractivity contribution in [1.29, 1.82) is 0 Å². The SMILES string of the molecule is CCC1(CC)CN(C(C)CCOC)C2(CCCC2)CN1. The summed E-state index contributed by atoms with van der Waals surface area (Å²) >= 11 is 0. The average Bonchev–Trinajstić information content (AvgIpc) is 2.95. The summed E-state index contributed by atoms with van der Waals surface area (Å²) in [5.41, 5.74) is 0.760. The molecule has 1 N–H and O–H groups in total. The first-order valence-electron chi connectivity index (χ1n) is 8.62. The molecule has 1 unspecified atom stereocenters. The summed E-state index contributed by atoms with van der Waals surface area (Å²) in [4.78, 5) is 2.85.